The Bertz CT molecular complexity index is 569. The molecular weight excluding hydrogens is 332 g/mol. The Morgan fingerprint density at radius 3 is 2.52 bits per heavy atom. The number of hydrogen-bond acceptors (Lipinski definition) is 3. The molecule has 0 aliphatic rings. The molecule has 2 unspecified atom stereocenters. The normalized spacial score (nSPS) is 14.4. The van der Waals surface area contributed by atoms with Crippen molar-refractivity contribution >= 4 is 15.9 Å². The Hall–Kier alpha value is -1.17. The summed E-state index contributed by atoms with van der Waals surface area (Å²) >= 11 is 3.48. The van der Waals surface area contributed by atoms with Crippen LogP contribution in [0, 0.1) is 0 Å². The summed E-state index contributed by atoms with van der Waals surface area (Å²) in [4.78, 5) is 0. The van der Waals surface area contributed by atoms with Gasteiger partial charge in [-0.3, -0.25) is 4.68 Å². The Morgan fingerprint density at radius 1 is 1.29 bits per heavy atom. The molecule has 114 valence electrons. The first-order chi connectivity index (χ1) is 10.1. The summed E-state index contributed by atoms with van der Waals surface area (Å²) in [7, 11) is 0. The van der Waals surface area contributed by atoms with Gasteiger partial charge in [0.2, 0.25) is 0 Å². The summed E-state index contributed by atoms with van der Waals surface area (Å²) in [5.74, 6) is 0. The molecule has 0 aliphatic carbocycles. The Balaban J connectivity index is 2.40. The topological polar surface area (TPSA) is 47.3 Å². The second kappa shape index (κ2) is 7.20. The van der Waals surface area contributed by atoms with E-state index in [0.29, 0.717) is 6.61 Å². The quantitative estimate of drug-likeness (QED) is 0.853. The van der Waals surface area contributed by atoms with Gasteiger partial charge >= 0.3 is 0 Å². The molecule has 2 aromatic rings. The predicted molar refractivity (Wildman–Crippen MR) is 86.1 cm³/mol. The maximum atomic E-state index is 10.8. The average Bonchev–Trinajstić information content (AvgIpc) is 2.87. The van der Waals surface area contributed by atoms with Gasteiger partial charge in [-0.15, -0.1) is 0 Å². The molecule has 1 N–H and O–H groups in total. The molecule has 1 aromatic carbocycles. The Morgan fingerprint density at radius 2 is 1.95 bits per heavy atom. The fraction of sp³-hybridized carbons (Fsp3) is 0.438. The summed E-state index contributed by atoms with van der Waals surface area (Å²) in [6, 6.07) is 9.94. The lowest BCUT2D eigenvalue weighted by Gasteiger charge is -2.25. The van der Waals surface area contributed by atoms with E-state index in [1.165, 1.54) is 0 Å². The Kier molecular flexibility index (Phi) is 5.56. The lowest BCUT2D eigenvalue weighted by atomic mass is 10.0. The number of aromatic nitrogens is 2. The summed E-state index contributed by atoms with van der Waals surface area (Å²) in [6.45, 7) is 6.53. The second-order valence-electron chi connectivity index (χ2n) is 5.15. The van der Waals surface area contributed by atoms with E-state index >= 15 is 0 Å². The highest BCUT2D eigenvalue weighted by molar-refractivity contribution is 9.10. The van der Waals surface area contributed by atoms with Crippen LogP contribution >= 0.6 is 15.9 Å². The average molecular weight is 353 g/mol. The minimum absolute atomic E-state index is 0.166. The molecule has 1 aromatic heterocycles. The van der Waals surface area contributed by atoms with Crippen molar-refractivity contribution in [3.63, 3.8) is 0 Å². The van der Waals surface area contributed by atoms with Crippen LogP contribution < -0.4 is 0 Å². The minimum atomic E-state index is -0.786. The van der Waals surface area contributed by atoms with E-state index in [9.17, 15) is 5.11 Å². The zero-order chi connectivity index (χ0) is 15.4. The molecule has 0 bridgehead atoms. The molecule has 1 heterocycles. The fourth-order valence-electron chi connectivity index (χ4n) is 2.37. The number of rotatable bonds is 6. The minimum Gasteiger partial charge on any atom is -0.384 e. The van der Waals surface area contributed by atoms with Gasteiger partial charge in [0.15, 0.2) is 0 Å². The predicted octanol–water partition coefficient (Wildman–Crippen LogP) is 4.04. The van der Waals surface area contributed by atoms with Gasteiger partial charge in [0.25, 0.3) is 0 Å². The van der Waals surface area contributed by atoms with Gasteiger partial charge in [-0.25, -0.2) is 0 Å². The van der Waals surface area contributed by atoms with Crippen LogP contribution in [0.25, 0.3) is 0 Å². The first kappa shape index (κ1) is 16.2. The molecule has 0 saturated heterocycles. The number of aliphatic hydroxyl groups is 1. The van der Waals surface area contributed by atoms with Crippen molar-refractivity contribution < 1.29 is 9.84 Å². The zero-order valence-corrected chi connectivity index (χ0v) is 14.1. The van der Waals surface area contributed by atoms with Crippen molar-refractivity contribution in [1.82, 2.24) is 9.78 Å². The van der Waals surface area contributed by atoms with E-state index < -0.39 is 12.2 Å². The van der Waals surface area contributed by atoms with Crippen molar-refractivity contribution in [1.29, 1.82) is 0 Å². The van der Waals surface area contributed by atoms with Crippen LogP contribution in [-0.4, -0.2) is 21.5 Å². The van der Waals surface area contributed by atoms with Crippen LogP contribution in [-0.2, 0) is 4.74 Å². The number of aliphatic hydroxyl groups excluding tert-OH is 1. The van der Waals surface area contributed by atoms with Gasteiger partial charge in [0.1, 0.15) is 12.2 Å². The highest BCUT2D eigenvalue weighted by Gasteiger charge is 2.29. The third-order valence-electron chi connectivity index (χ3n) is 3.32. The largest absolute Gasteiger partial charge is 0.384 e. The molecule has 0 aliphatic heterocycles. The second-order valence-corrected chi connectivity index (χ2v) is 6.00. The molecule has 0 spiro atoms. The van der Waals surface area contributed by atoms with E-state index in [1.54, 1.807) is 6.20 Å². The first-order valence-electron chi connectivity index (χ1n) is 7.13. The zero-order valence-electron chi connectivity index (χ0n) is 12.5. The number of nitrogens with zero attached hydrogens (tertiary/aromatic N) is 2. The summed E-state index contributed by atoms with van der Waals surface area (Å²) < 4.78 is 8.41. The highest BCUT2D eigenvalue weighted by atomic mass is 79.9. The molecule has 2 rings (SSSR count). The van der Waals surface area contributed by atoms with Gasteiger partial charge in [0.05, 0.1) is 16.4 Å². The Labute approximate surface area is 133 Å². The van der Waals surface area contributed by atoms with Gasteiger partial charge < -0.3 is 9.84 Å². The van der Waals surface area contributed by atoms with Crippen LogP contribution in [0.4, 0.5) is 0 Å². The standard InChI is InChI=1S/C16H21BrN2O2/c1-4-21-16(12-8-6-5-7-9-12)15(20)14-13(17)10-18-19(14)11(2)3/h5-11,15-16,20H,4H2,1-3H3. The SMILES string of the molecule is CCOC(c1ccccc1)C(O)c1c(Br)cnn1C(C)C. The van der Waals surface area contributed by atoms with E-state index in [2.05, 4.69) is 21.0 Å². The molecule has 0 saturated carbocycles. The number of halogens is 1. The molecular formula is C16H21BrN2O2. The highest BCUT2D eigenvalue weighted by Crippen LogP contribution is 2.36. The van der Waals surface area contributed by atoms with Gasteiger partial charge in [-0.2, -0.15) is 5.10 Å². The van der Waals surface area contributed by atoms with Crippen molar-refractivity contribution in [2.24, 2.45) is 0 Å². The van der Waals surface area contributed by atoms with Crippen molar-refractivity contribution in [3.8, 4) is 0 Å². The summed E-state index contributed by atoms with van der Waals surface area (Å²) in [5, 5.41) is 15.2. The molecule has 4 nitrogen and oxygen atoms in total. The van der Waals surface area contributed by atoms with Gasteiger partial charge in [-0.05, 0) is 42.3 Å². The molecule has 0 radical (unpaired) electrons. The summed E-state index contributed by atoms with van der Waals surface area (Å²) in [6.07, 6.45) is 0.514. The third-order valence-corrected chi connectivity index (χ3v) is 3.93. The molecule has 2 atom stereocenters. The summed E-state index contributed by atoms with van der Waals surface area (Å²) in [5.41, 5.74) is 1.70. The van der Waals surface area contributed by atoms with E-state index in [-0.39, 0.29) is 6.04 Å². The van der Waals surface area contributed by atoms with Gasteiger partial charge in [-0.1, -0.05) is 30.3 Å². The number of benzene rings is 1. The third kappa shape index (κ3) is 3.54. The van der Waals surface area contributed by atoms with Crippen LogP contribution in [0.3, 0.4) is 0 Å². The van der Waals surface area contributed by atoms with Crippen LogP contribution in [0.5, 0.6) is 0 Å². The van der Waals surface area contributed by atoms with Crippen molar-refractivity contribution in [3.05, 3.63) is 52.3 Å². The lowest BCUT2D eigenvalue weighted by molar-refractivity contribution is -0.0404. The van der Waals surface area contributed by atoms with Crippen molar-refractivity contribution in [2.45, 2.75) is 39.0 Å². The van der Waals surface area contributed by atoms with E-state index in [1.807, 2.05) is 55.8 Å². The molecule has 0 amide bonds. The lowest BCUT2D eigenvalue weighted by Crippen LogP contribution is -2.19. The smallest absolute Gasteiger partial charge is 0.127 e. The van der Waals surface area contributed by atoms with Crippen LogP contribution in [0.2, 0.25) is 0 Å². The van der Waals surface area contributed by atoms with Crippen LogP contribution in [0.15, 0.2) is 41.0 Å². The first-order valence-corrected chi connectivity index (χ1v) is 7.93. The van der Waals surface area contributed by atoms with Crippen LogP contribution in [0.1, 0.15) is 50.3 Å². The molecule has 21 heavy (non-hydrogen) atoms. The molecule has 0 fully saturated rings. The van der Waals surface area contributed by atoms with E-state index in [4.69, 9.17) is 4.74 Å². The maximum Gasteiger partial charge on any atom is 0.127 e. The number of hydrogen-bond donors (Lipinski definition) is 1. The molecule has 5 heteroatoms. The van der Waals surface area contributed by atoms with Gasteiger partial charge in [0, 0.05) is 12.6 Å². The van der Waals surface area contributed by atoms with Crippen molar-refractivity contribution in [2.75, 3.05) is 6.61 Å². The van der Waals surface area contributed by atoms with E-state index in [0.717, 1.165) is 15.7 Å². The fourth-order valence-corrected chi connectivity index (χ4v) is 2.88. The maximum absolute atomic E-state index is 10.8. The monoisotopic (exact) mass is 352 g/mol. The number of ether oxygens (including phenoxy) is 1.